The van der Waals surface area contributed by atoms with Gasteiger partial charge in [0.2, 0.25) is 0 Å². The van der Waals surface area contributed by atoms with E-state index in [0.717, 1.165) is 13.0 Å². The summed E-state index contributed by atoms with van der Waals surface area (Å²) in [5, 5.41) is 13.9. The van der Waals surface area contributed by atoms with Gasteiger partial charge >= 0.3 is 0 Å². The smallest absolute Gasteiger partial charge is 0.173 e. The van der Waals surface area contributed by atoms with Gasteiger partial charge in [-0.15, -0.1) is 11.3 Å². The van der Waals surface area contributed by atoms with Crippen molar-refractivity contribution in [1.82, 2.24) is 4.90 Å². The van der Waals surface area contributed by atoms with Crippen LogP contribution in [0.5, 0.6) is 0 Å². The molecule has 1 N–H and O–H groups in total. The molecule has 172 valence electrons. The number of nitrogens with zero attached hydrogens (tertiary/aromatic N) is 1. The topological polar surface area (TPSA) is 36.6 Å². The Morgan fingerprint density at radius 3 is 2.15 bits per heavy atom. The molecular weight excluding hydrogens is 440 g/mol. The van der Waals surface area contributed by atoms with Crippen LogP contribution < -0.4 is 0 Å². The number of hydrogen-bond donors (Lipinski definition) is 1. The van der Waals surface area contributed by atoms with Crippen molar-refractivity contribution >= 4 is 11.3 Å². The summed E-state index contributed by atoms with van der Waals surface area (Å²) in [4.78, 5) is 3.58. The quantitative estimate of drug-likeness (QED) is 0.297. The van der Waals surface area contributed by atoms with E-state index in [1.807, 2.05) is 12.1 Å². The van der Waals surface area contributed by atoms with Gasteiger partial charge in [-0.25, -0.2) is 8.78 Å². The molecule has 0 saturated heterocycles. The van der Waals surface area contributed by atoms with Crippen molar-refractivity contribution in [2.24, 2.45) is 0 Å². The minimum Gasteiger partial charge on any atom is -0.461 e. The highest BCUT2D eigenvalue weighted by molar-refractivity contribution is 7.09. The predicted octanol–water partition coefficient (Wildman–Crippen LogP) is 6.70. The zero-order valence-electron chi connectivity index (χ0n) is 18.7. The van der Waals surface area contributed by atoms with Crippen molar-refractivity contribution in [1.29, 1.82) is 0 Å². The number of benzene rings is 2. The maximum absolute atomic E-state index is 14.1. The molecule has 2 aromatic heterocycles. The van der Waals surface area contributed by atoms with Crippen LogP contribution in [-0.4, -0.2) is 16.0 Å². The summed E-state index contributed by atoms with van der Waals surface area (Å²) in [6.07, 6.45) is 0.982. The number of rotatable bonds is 9. The second kappa shape index (κ2) is 10.00. The Bertz CT molecular complexity index is 1140. The van der Waals surface area contributed by atoms with E-state index in [1.165, 1.54) is 41.3 Å². The van der Waals surface area contributed by atoms with Crippen LogP contribution in [0.1, 0.15) is 47.8 Å². The van der Waals surface area contributed by atoms with E-state index >= 15 is 0 Å². The highest BCUT2D eigenvalue weighted by atomic mass is 32.1. The molecule has 0 spiro atoms. The number of furan rings is 1. The molecule has 2 heterocycles. The van der Waals surface area contributed by atoms with Gasteiger partial charge in [0.15, 0.2) is 5.60 Å². The molecular formula is C27H27F2NO2S. The van der Waals surface area contributed by atoms with E-state index in [4.69, 9.17) is 4.42 Å². The monoisotopic (exact) mass is 467 g/mol. The Morgan fingerprint density at radius 2 is 1.61 bits per heavy atom. The van der Waals surface area contributed by atoms with Crippen molar-refractivity contribution in [3.05, 3.63) is 117 Å². The average Bonchev–Trinajstić information content (AvgIpc) is 3.50. The molecule has 4 rings (SSSR count). The summed E-state index contributed by atoms with van der Waals surface area (Å²) in [7, 11) is 0. The zero-order chi connectivity index (χ0) is 23.4. The van der Waals surface area contributed by atoms with Crippen LogP contribution in [0.15, 0.2) is 82.6 Å². The van der Waals surface area contributed by atoms with Crippen molar-refractivity contribution in [3.8, 4) is 0 Å². The summed E-state index contributed by atoms with van der Waals surface area (Å²) in [5.41, 5.74) is -1.30. The van der Waals surface area contributed by atoms with E-state index in [-0.39, 0.29) is 16.9 Å². The van der Waals surface area contributed by atoms with Crippen molar-refractivity contribution in [2.45, 2.75) is 45.0 Å². The van der Waals surface area contributed by atoms with E-state index < -0.39 is 17.2 Å². The normalized spacial score (nSPS) is 12.9. The molecule has 0 aliphatic heterocycles. The zero-order valence-corrected chi connectivity index (χ0v) is 19.5. The molecule has 3 nitrogen and oxygen atoms in total. The first-order valence-corrected chi connectivity index (χ1v) is 11.9. The predicted molar refractivity (Wildman–Crippen MR) is 127 cm³/mol. The largest absolute Gasteiger partial charge is 0.461 e. The van der Waals surface area contributed by atoms with E-state index in [1.54, 1.807) is 29.5 Å². The van der Waals surface area contributed by atoms with Crippen molar-refractivity contribution in [2.75, 3.05) is 0 Å². The van der Waals surface area contributed by atoms with E-state index in [2.05, 4.69) is 30.2 Å². The number of halogens is 2. The lowest BCUT2D eigenvalue weighted by molar-refractivity contribution is 0.0929. The van der Waals surface area contributed by atoms with Crippen LogP contribution in [0.4, 0.5) is 8.78 Å². The van der Waals surface area contributed by atoms with Crippen molar-refractivity contribution < 1.29 is 18.3 Å². The second-order valence-corrected chi connectivity index (χ2v) is 9.27. The lowest BCUT2D eigenvalue weighted by Gasteiger charge is -2.28. The molecule has 0 bridgehead atoms. The summed E-state index contributed by atoms with van der Waals surface area (Å²) in [6.45, 7) is 5.66. The first-order chi connectivity index (χ1) is 15.9. The van der Waals surface area contributed by atoms with Gasteiger partial charge in [0.1, 0.15) is 23.2 Å². The van der Waals surface area contributed by atoms with Gasteiger partial charge in [0.05, 0.1) is 6.54 Å². The summed E-state index contributed by atoms with van der Waals surface area (Å²) in [5.74, 6) is -0.0944. The van der Waals surface area contributed by atoms with Crippen LogP contribution >= 0.6 is 11.3 Å². The van der Waals surface area contributed by atoms with Crippen LogP contribution in [-0.2, 0) is 18.7 Å². The van der Waals surface area contributed by atoms with Gasteiger partial charge < -0.3 is 9.52 Å². The maximum Gasteiger partial charge on any atom is 0.173 e. The van der Waals surface area contributed by atoms with E-state index in [0.29, 0.717) is 18.3 Å². The highest BCUT2D eigenvalue weighted by Crippen LogP contribution is 2.38. The molecule has 4 aromatic rings. The Balaban J connectivity index is 1.70. The summed E-state index contributed by atoms with van der Waals surface area (Å²) >= 11 is 1.71. The van der Waals surface area contributed by atoms with Crippen LogP contribution in [0.3, 0.4) is 0 Å². The Hall–Kier alpha value is -2.80. The van der Waals surface area contributed by atoms with Crippen LogP contribution in [0.25, 0.3) is 0 Å². The molecule has 33 heavy (non-hydrogen) atoms. The summed E-state index contributed by atoms with van der Waals surface area (Å²) < 4.78 is 34.3. The Morgan fingerprint density at radius 1 is 0.939 bits per heavy atom. The minimum absolute atomic E-state index is 0.217. The maximum atomic E-state index is 14.1. The van der Waals surface area contributed by atoms with Gasteiger partial charge in [0.25, 0.3) is 0 Å². The van der Waals surface area contributed by atoms with E-state index in [9.17, 15) is 13.9 Å². The lowest BCUT2D eigenvalue weighted by atomic mass is 9.84. The first kappa shape index (κ1) is 23.4. The average molecular weight is 468 g/mol. The molecule has 0 saturated carbocycles. The molecule has 1 unspecified atom stereocenters. The Kier molecular flexibility index (Phi) is 7.08. The standard InChI is InChI=1S/C27H27F2NO2S/c1-3-19(2)30(18-25-11-6-14-33-25)17-24-12-13-26(32-24)27(31,20-7-4-9-22(28)15-20)21-8-5-10-23(29)16-21/h4-16,19,31H,3,17-18H2,1-2H3. The minimum atomic E-state index is -1.84. The highest BCUT2D eigenvalue weighted by Gasteiger charge is 2.38. The third-order valence-corrected chi connectivity index (χ3v) is 6.88. The number of thiophene rings is 1. The lowest BCUT2D eigenvalue weighted by Crippen LogP contribution is -2.31. The number of aliphatic hydroxyl groups is 1. The fourth-order valence-corrected chi connectivity index (χ4v) is 4.69. The molecule has 6 heteroatoms. The van der Waals surface area contributed by atoms with Gasteiger partial charge in [-0.3, -0.25) is 4.90 Å². The second-order valence-electron chi connectivity index (χ2n) is 8.24. The van der Waals surface area contributed by atoms with Crippen LogP contribution in [0.2, 0.25) is 0 Å². The third-order valence-electron chi connectivity index (χ3n) is 6.02. The molecule has 2 aromatic carbocycles. The molecule has 0 radical (unpaired) electrons. The fraction of sp³-hybridized carbons (Fsp3) is 0.259. The third kappa shape index (κ3) is 5.08. The first-order valence-electron chi connectivity index (χ1n) is 11.0. The molecule has 0 aliphatic rings. The fourth-order valence-electron chi connectivity index (χ4n) is 3.96. The molecule has 1 atom stereocenters. The molecule has 0 fully saturated rings. The van der Waals surface area contributed by atoms with Crippen LogP contribution in [0, 0.1) is 11.6 Å². The Labute approximate surface area is 196 Å². The van der Waals surface area contributed by atoms with Gasteiger partial charge in [-0.1, -0.05) is 37.3 Å². The van der Waals surface area contributed by atoms with Gasteiger partial charge in [-0.05, 0) is 72.3 Å². The van der Waals surface area contributed by atoms with Gasteiger partial charge in [-0.2, -0.15) is 0 Å². The van der Waals surface area contributed by atoms with Crippen molar-refractivity contribution in [3.63, 3.8) is 0 Å². The van der Waals surface area contributed by atoms with Gasteiger partial charge in [0, 0.05) is 17.5 Å². The summed E-state index contributed by atoms with van der Waals surface area (Å²) in [6, 6.07) is 19.3. The molecule has 0 aliphatic carbocycles. The SMILES string of the molecule is CCC(C)N(Cc1ccc(C(O)(c2cccc(F)c2)c2cccc(F)c2)o1)Cc1cccs1. The number of hydrogen-bond acceptors (Lipinski definition) is 4. The molecule has 0 amide bonds.